The number of nitrogens with two attached hydrogens (primary N) is 1. The third kappa shape index (κ3) is 2.68. The van der Waals surface area contributed by atoms with Crippen LogP contribution < -0.4 is 10.5 Å². The van der Waals surface area contributed by atoms with Crippen molar-refractivity contribution in [3.05, 3.63) is 65.9 Å². The van der Waals surface area contributed by atoms with E-state index in [0.29, 0.717) is 17.7 Å². The molecule has 0 bridgehead atoms. The predicted octanol–water partition coefficient (Wildman–Crippen LogP) is 2.37. The quantitative estimate of drug-likeness (QED) is 0.581. The first-order valence-corrected chi connectivity index (χ1v) is 7.15. The van der Waals surface area contributed by atoms with Gasteiger partial charge in [0.1, 0.15) is 5.75 Å². The van der Waals surface area contributed by atoms with Crippen LogP contribution in [0.1, 0.15) is 15.9 Å². The first-order chi connectivity index (χ1) is 11.1. The molecule has 2 N–H and O–H groups in total. The van der Waals surface area contributed by atoms with E-state index in [1.54, 1.807) is 12.3 Å². The summed E-state index contributed by atoms with van der Waals surface area (Å²) in [5.74, 6) is -1.15. The maximum Gasteiger partial charge on any atom is 0.289 e. The summed E-state index contributed by atoms with van der Waals surface area (Å²) < 4.78 is 7.26. The third-order valence-corrected chi connectivity index (χ3v) is 3.75. The van der Waals surface area contributed by atoms with Crippen molar-refractivity contribution in [3.8, 4) is 5.75 Å². The van der Waals surface area contributed by atoms with Gasteiger partial charge in [-0.3, -0.25) is 9.59 Å². The number of ketones is 1. The molecule has 0 atom stereocenters. The van der Waals surface area contributed by atoms with Crippen molar-refractivity contribution < 1.29 is 14.3 Å². The minimum absolute atomic E-state index is 0.265. The Hall–Kier alpha value is -3.08. The number of hydrogen-bond acceptors (Lipinski definition) is 3. The van der Waals surface area contributed by atoms with Gasteiger partial charge >= 0.3 is 0 Å². The number of primary amides is 1. The average molecular weight is 308 g/mol. The van der Waals surface area contributed by atoms with E-state index >= 15 is 0 Å². The first-order valence-electron chi connectivity index (χ1n) is 7.15. The Morgan fingerprint density at radius 1 is 1.09 bits per heavy atom. The van der Waals surface area contributed by atoms with Crippen molar-refractivity contribution >= 4 is 22.6 Å². The summed E-state index contributed by atoms with van der Waals surface area (Å²) >= 11 is 0. The van der Waals surface area contributed by atoms with Crippen molar-refractivity contribution in [1.82, 2.24) is 4.57 Å². The molecule has 2 aromatic carbocycles. The summed E-state index contributed by atoms with van der Waals surface area (Å²) in [4.78, 5) is 23.5. The van der Waals surface area contributed by atoms with Crippen LogP contribution in [-0.2, 0) is 11.3 Å². The van der Waals surface area contributed by atoms with Gasteiger partial charge in [0.25, 0.3) is 11.7 Å². The lowest BCUT2D eigenvalue weighted by Crippen LogP contribution is -2.22. The molecule has 5 heteroatoms. The molecule has 5 nitrogen and oxygen atoms in total. The van der Waals surface area contributed by atoms with Crippen LogP contribution in [0.3, 0.4) is 0 Å². The average Bonchev–Trinajstić information content (AvgIpc) is 2.93. The molecule has 1 amide bonds. The van der Waals surface area contributed by atoms with E-state index in [1.165, 1.54) is 7.11 Å². The van der Waals surface area contributed by atoms with Gasteiger partial charge in [0.2, 0.25) is 0 Å². The molecule has 0 fully saturated rings. The van der Waals surface area contributed by atoms with Crippen molar-refractivity contribution in [1.29, 1.82) is 0 Å². The second-order valence-corrected chi connectivity index (χ2v) is 5.20. The van der Waals surface area contributed by atoms with Crippen LogP contribution in [-0.4, -0.2) is 23.4 Å². The topological polar surface area (TPSA) is 74.3 Å². The molecule has 1 aromatic heterocycles. The molecule has 0 saturated carbocycles. The SMILES string of the molecule is COc1cccc2c1c(C(=O)C(N)=O)cn2Cc1ccccc1. The number of ether oxygens (including phenoxy) is 1. The minimum atomic E-state index is -0.977. The molecule has 0 aliphatic rings. The second kappa shape index (κ2) is 5.96. The lowest BCUT2D eigenvalue weighted by Gasteiger charge is -2.07. The molecule has 0 unspecified atom stereocenters. The number of aromatic nitrogens is 1. The number of nitrogens with zero attached hydrogens (tertiary/aromatic N) is 1. The summed E-state index contributed by atoms with van der Waals surface area (Å²) in [6, 6.07) is 15.4. The van der Waals surface area contributed by atoms with Gasteiger partial charge in [-0.1, -0.05) is 36.4 Å². The van der Waals surface area contributed by atoms with Crippen LogP contribution in [0, 0.1) is 0 Å². The lowest BCUT2D eigenvalue weighted by molar-refractivity contribution is -0.114. The third-order valence-electron chi connectivity index (χ3n) is 3.75. The Morgan fingerprint density at radius 3 is 2.48 bits per heavy atom. The van der Waals surface area contributed by atoms with Crippen LogP contribution in [0.5, 0.6) is 5.75 Å². The Morgan fingerprint density at radius 2 is 1.83 bits per heavy atom. The molecule has 3 rings (SSSR count). The van der Waals surface area contributed by atoms with Crippen LogP contribution in [0.15, 0.2) is 54.7 Å². The zero-order valence-electron chi connectivity index (χ0n) is 12.7. The summed E-state index contributed by atoms with van der Waals surface area (Å²) in [5.41, 5.74) is 7.34. The van der Waals surface area contributed by atoms with Gasteiger partial charge < -0.3 is 15.0 Å². The highest BCUT2D eigenvalue weighted by atomic mass is 16.5. The Labute approximate surface area is 133 Å². The molecule has 0 aliphatic heterocycles. The number of rotatable bonds is 5. The molecule has 1 heterocycles. The van der Waals surface area contributed by atoms with Crippen molar-refractivity contribution in [2.75, 3.05) is 7.11 Å². The number of carbonyl (C=O) groups is 2. The van der Waals surface area contributed by atoms with Crippen molar-refractivity contribution in [3.63, 3.8) is 0 Å². The van der Waals surface area contributed by atoms with E-state index in [4.69, 9.17) is 10.5 Å². The van der Waals surface area contributed by atoms with Gasteiger partial charge in [0.15, 0.2) is 0 Å². The fourth-order valence-electron chi connectivity index (χ4n) is 2.71. The molecule has 23 heavy (non-hydrogen) atoms. The van der Waals surface area contributed by atoms with Gasteiger partial charge in [-0.2, -0.15) is 0 Å². The predicted molar refractivity (Wildman–Crippen MR) is 87.6 cm³/mol. The Balaban J connectivity index is 2.19. The maximum absolute atomic E-state index is 12.1. The summed E-state index contributed by atoms with van der Waals surface area (Å²) in [7, 11) is 1.53. The maximum atomic E-state index is 12.1. The molecular formula is C18H16N2O3. The molecule has 0 spiro atoms. The van der Waals surface area contributed by atoms with Crippen molar-refractivity contribution in [2.45, 2.75) is 6.54 Å². The number of amides is 1. The van der Waals surface area contributed by atoms with E-state index < -0.39 is 11.7 Å². The highest BCUT2D eigenvalue weighted by Gasteiger charge is 2.22. The highest BCUT2D eigenvalue weighted by molar-refractivity contribution is 6.44. The minimum Gasteiger partial charge on any atom is -0.496 e. The van der Waals surface area contributed by atoms with Crippen LogP contribution in [0.25, 0.3) is 10.9 Å². The monoisotopic (exact) mass is 308 g/mol. The molecule has 3 aromatic rings. The van der Waals surface area contributed by atoms with Gasteiger partial charge in [0.05, 0.1) is 23.6 Å². The smallest absolute Gasteiger partial charge is 0.289 e. The van der Waals surface area contributed by atoms with Gasteiger partial charge in [-0.05, 0) is 17.7 Å². The standard InChI is InChI=1S/C18H16N2O3/c1-23-15-9-5-8-14-16(15)13(17(21)18(19)22)11-20(14)10-12-6-3-2-4-7-12/h2-9,11H,10H2,1H3,(H2,19,22). The number of fused-ring (bicyclic) bond motifs is 1. The van der Waals surface area contributed by atoms with Gasteiger partial charge in [0, 0.05) is 12.7 Å². The normalized spacial score (nSPS) is 10.7. The van der Waals surface area contributed by atoms with E-state index in [-0.39, 0.29) is 5.56 Å². The zero-order chi connectivity index (χ0) is 16.4. The molecule has 116 valence electrons. The fourth-order valence-corrected chi connectivity index (χ4v) is 2.71. The van der Waals surface area contributed by atoms with E-state index in [0.717, 1.165) is 11.1 Å². The summed E-state index contributed by atoms with van der Waals surface area (Å²) in [5, 5.41) is 0.606. The molecule has 0 aliphatic carbocycles. The van der Waals surface area contributed by atoms with Crippen LogP contribution in [0.4, 0.5) is 0 Å². The molecule has 0 saturated heterocycles. The van der Waals surface area contributed by atoms with E-state index in [9.17, 15) is 9.59 Å². The number of Topliss-reactive ketones (excluding diaryl/α,β-unsaturated/α-hetero) is 1. The number of carbonyl (C=O) groups excluding carboxylic acids is 2. The fraction of sp³-hybridized carbons (Fsp3) is 0.111. The van der Waals surface area contributed by atoms with Gasteiger partial charge in [-0.15, -0.1) is 0 Å². The highest BCUT2D eigenvalue weighted by Crippen LogP contribution is 2.31. The number of hydrogen-bond donors (Lipinski definition) is 1. The van der Waals surface area contributed by atoms with Crippen molar-refractivity contribution in [2.24, 2.45) is 5.73 Å². The van der Waals surface area contributed by atoms with Gasteiger partial charge in [-0.25, -0.2) is 0 Å². The van der Waals surface area contributed by atoms with Crippen LogP contribution in [0.2, 0.25) is 0 Å². The van der Waals surface area contributed by atoms with E-state index in [2.05, 4.69) is 0 Å². The summed E-state index contributed by atoms with van der Waals surface area (Å²) in [6.07, 6.45) is 1.66. The zero-order valence-corrected chi connectivity index (χ0v) is 12.7. The molecule has 0 radical (unpaired) electrons. The van der Waals surface area contributed by atoms with E-state index in [1.807, 2.05) is 47.0 Å². The summed E-state index contributed by atoms with van der Waals surface area (Å²) in [6.45, 7) is 0.580. The number of benzene rings is 2. The number of methoxy groups -OCH3 is 1. The first kappa shape index (κ1) is 14.8. The lowest BCUT2D eigenvalue weighted by atomic mass is 10.1. The Bertz CT molecular complexity index is 882. The Kier molecular flexibility index (Phi) is 3.85. The van der Waals surface area contributed by atoms with Crippen LogP contribution >= 0.6 is 0 Å². The molecular weight excluding hydrogens is 292 g/mol. The second-order valence-electron chi connectivity index (χ2n) is 5.20. The largest absolute Gasteiger partial charge is 0.496 e.